The van der Waals surface area contributed by atoms with Crippen molar-refractivity contribution >= 4 is 11.9 Å². The molecule has 7 heteroatoms. The summed E-state index contributed by atoms with van der Waals surface area (Å²) in [6.45, 7) is 6.28. The van der Waals surface area contributed by atoms with Gasteiger partial charge in [-0.25, -0.2) is 4.99 Å². The number of carbonyl (C=O) groups is 1. The lowest BCUT2D eigenvalue weighted by Crippen LogP contribution is -2.47. The summed E-state index contributed by atoms with van der Waals surface area (Å²) in [5, 5.41) is 3.36. The maximum absolute atomic E-state index is 11.2. The van der Waals surface area contributed by atoms with Crippen molar-refractivity contribution in [1.82, 2.24) is 10.2 Å². The second-order valence-electron chi connectivity index (χ2n) is 6.78. The molecule has 7 nitrogen and oxygen atoms in total. The second kappa shape index (κ2) is 11.4. The van der Waals surface area contributed by atoms with Crippen LogP contribution in [0.4, 0.5) is 0 Å². The first kappa shape index (κ1) is 21.0. The van der Waals surface area contributed by atoms with Gasteiger partial charge in [-0.05, 0) is 43.4 Å². The molecule has 0 aliphatic carbocycles. The van der Waals surface area contributed by atoms with Crippen molar-refractivity contribution in [2.75, 3.05) is 40.0 Å². The van der Waals surface area contributed by atoms with Gasteiger partial charge in [0, 0.05) is 33.2 Å². The summed E-state index contributed by atoms with van der Waals surface area (Å²) in [7, 11) is 1.66. The van der Waals surface area contributed by atoms with Crippen LogP contribution in [0.15, 0.2) is 29.3 Å². The van der Waals surface area contributed by atoms with Crippen LogP contribution in [-0.2, 0) is 16.1 Å². The van der Waals surface area contributed by atoms with Crippen LogP contribution in [0.5, 0.6) is 5.75 Å². The number of nitrogens with one attached hydrogen (secondary N) is 1. The number of amides is 1. The molecule has 1 atom stereocenters. The SMILES string of the molecule is CCNC(=NCc1cccc(OCCOC)c1)N1CCCC(CC(N)=O)C1. The molecule has 27 heavy (non-hydrogen) atoms. The number of ether oxygens (including phenoxy) is 2. The first-order chi connectivity index (χ1) is 13.1. The van der Waals surface area contributed by atoms with Crippen LogP contribution in [0.25, 0.3) is 0 Å². The minimum Gasteiger partial charge on any atom is -0.491 e. The van der Waals surface area contributed by atoms with Crippen molar-refractivity contribution in [3.63, 3.8) is 0 Å². The Morgan fingerprint density at radius 2 is 2.26 bits per heavy atom. The highest BCUT2D eigenvalue weighted by atomic mass is 16.5. The molecule has 1 fully saturated rings. The number of hydrogen-bond donors (Lipinski definition) is 2. The van der Waals surface area contributed by atoms with E-state index in [0.29, 0.717) is 32.1 Å². The minimum atomic E-state index is -0.228. The van der Waals surface area contributed by atoms with Crippen LogP contribution >= 0.6 is 0 Å². The van der Waals surface area contributed by atoms with Crippen molar-refractivity contribution < 1.29 is 14.3 Å². The third-order valence-corrected chi connectivity index (χ3v) is 4.51. The summed E-state index contributed by atoms with van der Waals surface area (Å²) in [5.41, 5.74) is 6.46. The van der Waals surface area contributed by atoms with Gasteiger partial charge in [0.15, 0.2) is 5.96 Å². The topological polar surface area (TPSA) is 89.2 Å². The highest BCUT2D eigenvalue weighted by Crippen LogP contribution is 2.20. The quantitative estimate of drug-likeness (QED) is 0.389. The third-order valence-electron chi connectivity index (χ3n) is 4.51. The number of piperidine rings is 1. The lowest BCUT2D eigenvalue weighted by Gasteiger charge is -2.34. The summed E-state index contributed by atoms with van der Waals surface area (Å²) >= 11 is 0. The molecule has 1 aliphatic rings. The first-order valence-electron chi connectivity index (χ1n) is 9.64. The molecule has 0 spiro atoms. The van der Waals surface area contributed by atoms with E-state index in [-0.39, 0.29) is 5.91 Å². The molecule has 1 aromatic carbocycles. The van der Waals surface area contributed by atoms with E-state index in [1.54, 1.807) is 7.11 Å². The lowest BCUT2D eigenvalue weighted by molar-refractivity contribution is -0.119. The van der Waals surface area contributed by atoms with E-state index in [2.05, 4.69) is 17.1 Å². The molecule has 1 heterocycles. The third kappa shape index (κ3) is 7.46. The van der Waals surface area contributed by atoms with Crippen LogP contribution in [0.3, 0.4) is 0 Å². The molecule has 1 unspecified atom stereocenters. The lowest BCUT2D eigenvalue weighted by atomic mass is 9.95. The average Bonchev–Trinajstić information content (AvgIpc) is 2.65. The zero-order valence-corrected chi connectivity index (χ0v) is 16.4. The van der Waals surface area contributed by atoms with Crippen molar-refractivity contribution in [2.24, 2.45) is 16.6 Å². The Bertz CT molecular complexity index is 621. The Morgan fingerprint density at radius 1 is 1.41 bits per heavy atom. The van der Waals surface area contributed by atoms with Gasteiger partial charge in [0.05, 0.1) is 13.2 Å². The maximum Gasteiger partial charge on any atom is 0.217 e. The molecule has 0 aromatic heterocycles. The van der Waals surface area contributed by atoms with E-state index < -0.39 is 0 Å². The van der Waals surface area contributed by atoms with Gasteiger partial charge in [0.25, 0.3) is 0 Å². The van der Waals surface area contributed by atoms with Crippen LogP contribution < -0.4 is 15.8 Å². The number of methoxy groups -OCH3 is 1. The van der Waals surface area contributed by atoms with Crippen molar-refractivity contribution in [3.05, 3.63) is 29.8 Å². The van der Waals surface area contributed by atoms with E-state index in [4.69, 9.17) is 20.2 Å². The van der Waals surface area contributed by atoms with Gasteiger partial charge >= 0.3 is 0 Å². The number of guanidine groups is 1. The Morgan fingerprint density at radius 3 is 3.00 bits per heavy atom. The number of likely N-dealkylation sites (tertiary alicyclic amines) is 1. The summed E-state index contributed by atoms with van der Waals surface area (Å²) in [4.78, 5) is 18.3. The summed E-state index contributed by atoms with van der Waals surface area (Å²) in [5.74, 6) is 1.79. The molecule has 0 bridgehead atoms. The van der Waals surface area contributed by atoms with Gasteiger partial charge in [-0.3, -0.25) is 4.79 Å². The minimum absolute atomic E-state index is 0.228. The number of benzene rings is 1. The Hall–Kier alpha value is -2.28. The zero-order valence-electron chi connectivity index (χ0n) is 16.4. The normalized spacial score (nSPS) is 17.6. The van der Waals surface area contributed by atoms with E-state index in [9.17, 15) is 4.79 Å². The number of nitrogens with two attached hydrogens (primary N) is 1. The van der Waals surface area contributed by atoms with Gasteiger partial charge in [0.2, 0.25) is 5.91 Å². The molecule has 3 N–H and O–H groups in total. The zero-order chi connectivity index (χ0) is 19.5. The average molecular weight is 377 g/mol. The number of nitrogens with zero attached hydrogens (tertiary/aromatic N) is 2. The van der Waals surface area contributed by atoms with Crippen LogP contribution in [0.1, 0.15) is 31.7 Å². The summed E-state index contributed by atoms with van der Waals surface area (Å²) in [6.07, 6.45) is 2.53. The van der Waals surface area contributed by atoms with E-state index in [0.717, 1.165) is 49.7 Å². The molecule has 1 saturated heterocycles. The van der Waals surface area contributed by atoms with E-state index in [1.165, 1.54) is 0 Å². The summed E-state index contributed by atoms with van der Waals surface area (Å²) < 4.78 is 10.7. The van der Waals surface area contributed by atoms with Gasteiger partial charge < -0.3 is 25.4 Å². The molecule has 1 amide bonds. The Labute approximate surface area is 161 Å². The molecule has 0 radical (unpaired) electrons. The van der Waals surface area contributed by atoms with Crippen molar-refractivity contribution in [2.45, 2.75) is 32.7 Å². The number of primary amides is 1. The fourth-order valence-corrected chi connectivity index (χ4v) is 3.28. The Kier molecular flexibility index (Phi) is 8.91. The monoisotopic (exact) mass is 376 g/mol. The first-order valence-corrected chi connectivity index (χ1v) is 9.64. The van der Waals surface area contributed by atoms with E-state index >= 15 is 0 Å². The number of rotatable bonds is 9. The van der Waals surface area contributed by atoms with E-state index in [1.807, 2.05) is 24.3 Å². The smallest absolute Gasteiger partial charge is 0.217 e. The molecule has 1 aromatic rings. The fraction of sp³-hybridized carbons (Fsp3) is 0.600. The summed E-state index contributed by atoms with van der Waals surface area (Å²) in [6, 6.07) is 7.97. The number of hydrogen-bond acceptors (Lipinski definition) is 4. The van der Waals surface area contributed by atoms with Gasteiger partial charge in [-0.2, -0.15) is 0 Å². The Balaban J connectivity index is 2.00. The number of aliphatic imine (C=N–C) groups is 1. The van der Waals surface area contributed by atoms with Crippen LogP contribution in [0.2, 0.25) is 0 Å². The van der Waals surface area contributed by atoms with Crippen LogP contribution in [0, 0.1) is 5.92 Å². The molecule has 0 saturated carbocycles. The van der Waals surface area contributed by atoms with Crippen LogP contribution in [-0.4, -0.2) is 56.7 Å². The highest BCUT2D eigenvalue weighted by Gasteiger charge is 2.23. The van der Waals surface area contributed by atoms with Gasteiger partial charge in [-0.15, -0.1) is 0 Å². The molecule has 1 aliphatic heterocycles. The fourth-order valence-electron chi connectivity index (χ4n) is 3.28. The maximum atomic E-state index is 11.2. The predicted octanol–water partition coefficient (Wildman–Crippen LogP) is 1.76. The predicted molar refractivity (Wildman–Crippen MR) is 107 cm³/mol. The standard InChI is InChI=1S/C20H32N4O3/c1-3-22-20(24-9-5-7-17(15-24)13-19(21)25)23-14-16-6-4-8-18(12-16)27-11-10-26-2/h4,6,8,12,17H,3,5,7,9-11,13-15H2,1-2H3,(H2,21,25)(H,22,23). The molecule has 150 valence electrons. The second-order valence-corrected chi connectivity index (χ2v) is 6.78. The van der Waals surface area contributed by atoms with Crippen molar-refractivity contribution in [3.8, 4) is 5.75 Å². The molecule has 2 rings (SSSR count). The van der Waals surface area contributed by atoms with Crippen molar-refractivity contribution in [1.29, 1.82) is 0 Å². The molecular formula is C20H32N4O3. The largest absolute Gasteiger partial charge is 0.491 e. The number of carbonyl (C=O) groups excluding carboxylic acids is 1. The van der Waals surface area contributed by atoms with Gasteiger partial charge in [0.1, 0.15) is 12.4 Å². The highest BCUT2D eigenvalue weighted by molar-refractivity contribution is 5.80. The van der Waals surface area contributed by atoms with Gasteiger partial charge in [-0.1, -0.05) is 12.1 Å². The molecular weight excluding hydrogens is 344 g/mol.